The van der Waals surface area contributed by atoms with Gasteiger partial charge in [0, 0.05) is 25.3 Å². The van der Waals surface area contributed by atoms with Gasteiger partial charge in [-0.05, 0) is 26.7 Å². The van der Waals surface area contributed by atoms with Crippen molar-refractivity contribution < 1.29 is 22.8 Å². The highest BCUT2D eigenvalue weighted by Crippen LogP contribution is 2.23. The lowest BCUT2D eigenvalue weighted by atomic mass is 10.3. The predicted molar refractivity (Wildman–Crippen MR) is 75.5 cm³/mol. The van der Waals surface area contributed by atoms with Gasteiger partial charge in [-0.1, -0.05) is 20.4 Å². The Morgan fingerprint density at radius 1 is 1.21 bits per heavy atom. The van der Waals surface area contributed by atoms with Gasteiger partial charge < -0.3 is 18.0 Å². The first-order valence-corrected chi connectivity index (χ1v) is 8.61. The third-order valence-electron chi connectivity index (χ3n) is 2.18. The average Bonchev–Trinajstić information content (AvgIpc) is 2.27. The van der Waals surface area contributed by atoms with E-state index in [4.69, 9.17) is 18.0 Å². The second kappa shape index (κ2) is 9.25. The second-order valence-electron chi connectivity index (χ2n) is 4.47. The van der Waals surface area contributed by atoms with Crippen LogP contribution in [0.15, 0.2) is 12.7 Å². The van der Waals surface area contributed by atoms with Gasteiger partial charge >= 0.3 is 14.8 Å². The summed E-state index contributed by atoms with van der Waals surface area (Å²) in [5.74, 6) is -0.153. The van der Waals surface area contributed by atoms with Crippen molar-refractivity contribution in [3.63, 3.8) is 0 Å². The Morgan fingerprint density at radius 2 is 1.74 bits per heavy atom. The average molecular weight is 290 g/mol. The lowest BCUT2D eigenvalue weighted by Crippen LogP contribution is -2.49. The molecular formula is C13H26O5Si. The zero-order valence-corrected chi connectivity index (χ0v) is 13.6. The Bertz CT molecular complexity index is 274. The molecule has 0 spiro atoms. The van der Waals surface area contributed by atoms with Crippen molar-refractivity contribution in [2.45, 2.75) is 47.0 Å². The van der Waals surface area contributed by atoms with E-state index in [9.17, 15) is 4.79 Å². The molecule has 0 aliphatic rings. The molecule has 0 bridgehead atoms. The molecule has 0 fully saturated rings. The van der Waals surface area contributed by atoms with E-state index in [0.717, 1.165) is 6.08 Å². The number of carbonyl (C=O) groups excluding carboxylic acids is 1. The Hall–Kier alpha value is -0.693. The molecule has 0 aromatic heterocycles. The summed E-state index contributed by atoms with van der Waals surface area (Å²) in [6.07, 6.45) is 0.390. The maximum atomic E-state index is 11.2. The molecule has 0 rings (SSSR count). The van der Waals surface area contributed by atoms with E-state index in [1.807, 2.05) is 13.8 Å². The van der Waals surface area contributed by atoms with Gasteiger partial charge in [-0.2, -0.15) is 0 Å². The first-order chi connectivity index (χ1) is 8.89. The fraction of sp³-hybridized carbons (Fsp3) is 0.769. The Balaban J connectivity index is 4.78. The van der Waals surface area contributed by atoms with E-state index in [0.29, 0.717) is 25.2 Å². The number of rotatable bonds is 10. The second-order valence-corrected chi connectivity index (χ2v) is 7.06. The lowest BCUT2D eigenvalue weighted by molar-refractivity contribution is -0.161. The lowest BCUT2D eigenvalue weighted by Gasteiger charge is -2.32. The molecule has 1 atom stereocenters. The molecule has 0 saturated carbocycles. The normalized spacial score (nSPS) is 13.4. The zero-order valence-electron chi connectivity index (χ0n) is 12.6. The minimum atomic E-state index is -2.81. The van der Waals surface area contributed by atoms with Crippen LogP contribution >= 0.6 is 0 Å². The fourth-order valence-corrected chi connectivity index (χ4v) is 4.69. The highest BCUT2D eigenvalue weighted by Gasteiger charge is 2.43. The maximum absolute atomic E-state index is 11.2. The van der Waals surface area contributed by atoms with E-state index in [2.05, 4.69) is 20.4 Å². The van der Waals surface area contributed by atoms with Crippen LogP contribution in [0.4, 0.5) is 0 Å². The summed E-state index contributed by atoms with van der Waals surface area (Å²) in [5.41, 5.74) is 0. The summed E-state index contributed by atoms with van der Waals surface area (Å²) >= 11 is 0. The summed E-state index contributed by atoms with van der Waals surface area (Å²) in [6.45, 7) is 13.9. The molecule has 0 radical (unpaired) electrons. The molecule has 5 nitrogen and oxygen atoms in total. The van der Waals surface area contributed by atoms with Crippen LogP contribution in [0.25, 0.3) is 0 Å². The predicted octanol–water partition coefficient (Wildman–Crippen LogP) is 2.75. The Kier molecular flexibility index (Phi) is 8.91. The highest BCUT2D eigenvalue weighted by molar-refractivity contribution is 6.60. The van der Waals surface area contributed by atoms with E-state index < -0.39 is 21.1 Å². The van der Waals surface area contributed by atoms with Crippen molar-refractivity contribution in [1.29, 1.82) is 0 Å². The number of esters is 1. The summed E-state index contributed by atoms with van der Waals surface area (Å²) in [7, 11) is -2.81. The fourth-order valence-electron chi connectivity index (χ4n) is 1.70. The van der Waals surface area contributed by atoms with Gasteiger partial charge in [0.25, 0.3) is 0 Å². The molecule has 0 amide bonds. The third kappa shape index (κ3) is 7.46. The third-order valence-corrected chi connectivity index (χ3v) is 5.65. The minimum Gasteiger partial charge on any atom is -0.434 e. The van der Waals surface area contributed by atoms with Gasteiger partial charge in [0.15, 0.2) is 6.29 Å². The van der Waals surface area contributed by atoms with E-state index in [1.54, 1.807) is 6.92 Å². The molecular weight excluding hydrogens is 264 g/mol. The van der Waals surface area contributed by atoms with Gasteiger partial charge in [0.2, 0.25) is 0 Å². The molecule has 0 aromatic rings. The van der Waals surface area contributed by atoms with Gasteiger partial charge in [-0.15, -0.1) is 0 Å². The van der Waals surface area contributed by atoms with E-state index in [-0.39, 0.29) is 0 Å². The minimum absolute atomic E-state index is 0.368. The van der Waals surface area contributed by atoms with Crippen molar-refractivity contribution in [3.8, 4) is 0 Å². The van der Waals surface area contributed by atoms with E-state index in [1.165, 1.54) is 0 Å². The molecule has 112 valence electrons. The van der Waals surface area contributed by atoms with Gasteiger partial charge in [-0.25, -0.2) is 4.79 Å². The van der Waals surface area contributed by atoms with E-state index >= 15 is 0 Å². The van der Waals surface area contributed by atoms with Crippen LogP contribution < -0.4 is 0 Å². The Labute approximate surface area is 117 Å². The van der Waals surface area contributed by atoms with Crippen LogP contribution in [0.2, 0.25) is 6.04 Å². The van der Waals surface area contributed by atoms with Gasteiger partial charge in [-0.3, -0.25) is 0 Å². The largest absolute Gasteiger partial charge is 0.503 e. The summed E-state index contributed by atoms with van der Waals surface area (Å²) in [4.78, 5) is 11.2. The Morgan fingerprint density at radius 3 is 2.11 bits per heavy atom. The molecule has 0 aliphatic carbocycles. The molecule has 0 N–H and O–H groups in total. The number of carbonyl (C=O) groups is 1. The van der Waals surface area contributed by atoms with Crippen molar-refractivity contribution >= 4 is 14.8 Å². The molecule has 0 heterocycles. The zero-order chi connectivity index (χ0) is 14.9. The SMILES string of the molecule is C=CC(=O)OC(C)O[Si](CC(C)C)(OCC)OCC. The number of ether oxygens (including phenoxy) is 1. The molecule has 6 heteroatoms. The quantitative estimate of drug-likeness (QED) is 0.268. The summed E-state index contributed by atoms with van der Waals surface area (Å²) < 4.78 is 22.3. The van der Waals surface area contributed by atoms with Crippen molar-refractivity contribution in [2.75, 3.05) is 13.2 Å². The number of hydrogen-bond donors (Lipinski definition) is 0. The van der Waals surface area contributed by atoms with Crippen LogP contribution in [0, 0.1) is 5.92 Å². The first-order valence-electron chi connectivity index (χ1n) is 6.67. The van der Waals surface area contributed by atoms with Crippen LogP contribution in [-0.2, 0) is 22.8 Å². The molecule has 0 saturated heterocycles. The van der Waals surface area contributed by atoms with Crippen molar-refractivity contribution in [2.24, 2.45) is 5.92 Å². The molecule has 1 unspecified atom stereocenters. The molecule has 0 aromatic carbocycles. The standard InChI is InChI=1S/C13H26O5Si/c1-7-13(14)17-12(6)18-19(15-8-2,16-9-3)10-11(4)5/h7,11-12H,1,8-10H2,2-6H3. The molecule has 19 heavy (non-hydrogen) atoms. The van der Waals surface area contributed by atoms with Crippen molar-refractivity contribution in [1.82, 2.24) is 0 Å². The summed E-state index contributed by atoms with van der Waals surface area (Å²) in [5, 5.41) is 0. The first kappa shape index (κ1) is 18.3. The van der Waals surface area contributed by atoms with Crippen molar-refractivity contribution in [3.05, 3.63) is 12.7 Å². The van der Waals surface area contributed by atoms with Crippen LogP contribution in [0.5, 0.6) is 0 Å². The monoisotopic (exact) mass is 290 g/mol. The molecule has 0 aliphatic heterocycles. The van der Waals surface area contributed by atoms with Gasteiger partial charge in [0.05, 0.1) is 0 Å². The van der Waals surface area contributed by atoms with Crippen LogP contribution in [0.3, 0.4) is 0 Å². The summed E-state index contributed by atoms with van der Waals surface area (Å²) in [6, 6.07) is 0.685. The van der Waals surface area contributed by atoms with Crippen LogP contribution in [0.1, 0.15) is 34.6 Å². The smallest absolute Gasteiger partial charge is 0.434 e. The maximum Gasteiger partial charge on any atom is 0.503 e. The van der Waals surface area contributed by atoms with Crippen LogP contribution in [-0.4, -0.2) is 34.3 Å². The number of hydrogen-bond acceptors (Lipinski definition) is 5. The van der Waals surface area contributed by atoms with Gasteiger partial charge in [0.1, 0.15) is 0 Å². The topological polar surface area (TPSA) is 54.0 Å². The highest BCUT2D eigenvalue weighted by atomic mass is 28.4.